The summed E-state index contributed by atoms with van der Waals surface area (Å²) in [7, 11) is 0. The highest BCUT2D eigenvalue weighted by molar-refractivity contribution is 8.00. The monoisotopic (exact) mass is 559 g/mol. The minimum atomic E-state index is -0.460. The van der Waals surface area contributed by atoms with Gasteiger partial charge in [0, 0.05) is 5.39 Å². The summed E-state index contributed by atoms with van der Waals surface area (Å²) in [6.07, 6.45) is 0.573. The van der Waals surface area contributed by atoms with Gasteiger partial charge in [-0.15, -0.1) is 10.2 Å². The van der Waals surface area contributed by atoms with Gasteiger partial charge < -0.3 is 10.1 Å². The number of rotatable bonds is 8. The molecule has 0 spiro atoms. The average molecular weight is 560 g/mol. The Kier molecular flexibility index (Phi) is 7.67. The number of esters is 1. The van der Waals surface area contributed by atoms with Crippen LogP contribution in [-0.2, 0) is 16.1 Å². The first-order valence-electron chi connectivity index (χ1n) is 12.7. The second kappa shape index (κ2) is 11.2. The molecule has 1 atom stereocenters. The van der Waals surface area contributed by atoms with Crippen LogP contribution in [0.25, 0.3) is 16.6 Å². The van der Waals surface area contributed by atoms with E-state index in [0.29, 0.717) is 27.3 Å². The fourth-order valence-electron chi connectivity index (χ4n) is 4.55. The number of aromatic nitrogens is 4. The highest BCUT2D eigenvalue weighted by Crippen LogP contribution is 2.32. The largest absolute Gasteiger partial charge is 0.457 e. The van der Waals surface area contributed by atoms with Gasteiger partial charge in [0.15, 0.2) is 15.9 Å². The Morgan fingerprint density at radius 2 is 1.82 bits per heavy atom. The van der Waals surface area contributed by atoms with E-state index in [2.05, 4.69) is 53.4 Å². The van der Waals surface area contributed by atoms with Crippen molar-refractivity contribution in [1.82, 2.24) is 19.6 Å². The van der Waals surface area contributed by atoms with Crippen LogP contribution in [0.15, 0.2) is 53.7 Å². The summed E-state index contributed by atoms with van der Waals surface area (Å²) in [4.78, 5) is 30.7. The van der Waals surface area contributed by atoms with Crippen LogP contribution >= 0.6 is 23.1 Å². The quantitative estimate of drug-likeness (QED) is 0.173. The first kappa shape index (κ1) is 26.8. The molecular weight excluding hydrogens is 530 g/mol. The third-order valence-corrected chi connectivity index (χ3v) is 8.79. The molecule has 1 unspecified atom stereocenters. The molecule has 0 radical (unpaired) electrons. The van der Waals surface area contributed by atoms with Crippen molar-refractivity contribution in [2.24, 2.45) is 0 Å². The molecule has 1 N–H and O–H groups in total. The Bertz CT molecular complexity index is 1690. The highest BCUT2D eigenvalue weighted by Gasteiger charge is 2.25. The standard InChI is InChI=1S/C29H29N5O3S2/c1-6-22(38-29-33-32-23-14-17(3)21-13-16(2)12-18(4)24(21)34(23)29)26(35)31-28-30-19(5)25(39-28)27(36)37-15-20-10-8-7-9-11-20/h7-14,22H,6,15H2,1-5H3,(H,30,31,35). The lowest BCUT2D eigenvalue weighted by molar-refractivity contribution is -0.115. The van der Waals surface area contributed by atoms with E-state index in [4.69, 9.17) is 4.74 Å². The van der Waals surface area contributed by atoms with Crippen LogP contribution in [0, 0.1) is 27.7 Å². The Morgan fingerprint density at radius 1 is 1.05 bits per heavy atom. The van der Waals surface area contributed by atoms with E-state index >= 15 is 0 Å². The van der Waals surface area contributed by atoms with Gasteiger partial charge in [0.2, 0.25) is 5.91 Å². The number of nitrogens with zero attached hydrogens (tertiary/aromatic N) is 4. The number of carbonyl (C=O) groups is 2. The zero-order valence-electron chi connectivity index (χ0n) is 22.4. The number of thiazole rings is 1. The number of carbonyl (C=O) groups excluding carboxylic acids is 2. The Hall–Kier alpha value is -3.76. The number of hydrogen-bond acceptors (Lipinski definition) is 8. The number of fused-ring (bicyclic) bond motifs is 3. The average Bonchev–Trinajstić information content (AvgIpc) is 3.48. The van der Waals surface area contributed by atoms with Crippen LogP contribution in [0.2, 0.25) is 0 Å². The number of benzene rings is 2. The number of thioether (sulfide) groups is 1. The van der Waals surface area contributed by atoms with E-state index in [1.54, 1.807) is 6.92 Å². The lowest BCUT2D eigenvalue weighted by atomic mass is 10.0. The summed E-state index contributed by atoms with van der Waals surface area (Å²) < 4.78 is 7.48. The predicted molar refractivity (Wildman–Crippen MR) is 156 cm³/mol. The maximum atomic E-state index is 13.3. The molecule has 0 aliphatic rings. The third-order valence-electron chi connectivity index (χ3n) is 6.43. The summed E-state index contributed by atoms with van der Waals surface area (Å²) >= 11 is 2.49. The van der Waals surface area contributed by atoms with Crippen molar-refractivity contribution in [3.05, 3.63) is 81.4 Å². The number of nitrogens with one attached hydrogen (secondary N) is 1. The second-order valence-corrected chi connectivity index (χ2v) is 11.6. The van der Waals surface area contributed by atoms with Crippen LogP contribution in [0.4, 0.5) is 5.13 Å². The molecule has 5 aromatic rings. The fraction of sp³-hybridized carbons (Fsp3) is 0.276. The third kappa shape index (κ3) is 5.53. The van der Waals surface area contributed by atoms with Crippen LogP contribution in [-0.4, -0.2) is 36.7 Å². The summed E-state index contributed by atoms with van der Waals surface area (Å²) in [6.45, 7) is 10.1. The topological polar surface area (TPSA) is 98.5 Å². The van der Waals surface area contributed by atoms with Gasteiger partial charge in [0.05, 0.1) is 16.5 Å². The number of amides is 1. The fourth-order valence-corrected chi connectivity index (χ4v) is 6.38. The van der Waals surface area contributed by atoms with Gasteiger partial charge in [-0.25, -0.2) is 9.78 Å². The molecule has 0 bridgehead atoms. The van der Waals surface area contributed by atoms with Gasteiger partial charge in [-0.2, -0.15) is 0 Å². The Labute approximate surface area is 234 Å². The maximum Gasteiger partial charge on any atom is 0.350 e. The van der Waals surface area contributed by atoms with Gasteiger partial charge in [-0.1, -0.05) is 72.0 Å². The molecule has 0 aliphatic carbocycles. The lowest BCUT2D eigenvalue weighted by Crippen LogP contribution is -2.24. The van der Waals surface area contributed by atoms with E-state index in [0.717, 1.165) is 44.6 Å². The number of pyridine rings is 1. The predicted octanol–water partition coefficient (Wildman–Crippen LogP) is 6.44. The first-order valence-corrected chi connectivity index (χ1v) is 14.4. The molecular formula is C29H29N5O3S2. The van der Waals surface area contributed by atoms with Crippen molar-refractivity contribution < 1.29 is 14.3 Å². The van der Waals surface area contributed by atoms with Crippen LogP contribution in [0.5, 0.6) is 0 Å². The van der Waals surface area contributed by atoms with Crippen molar-refractivity contribution in [3.63, 3.8) is 0 Å². The van der Waals surface area contributed by atoms with E-state index in [-0.39, 0.29) is 12.5 Å². The molecule has 39 heavy (non-hydrogen) atoms. The molecule has 0 aliphatic heterocycles. The van der Waals surface area contributed by atoms with E-state index < -0.39 is 11.2 Å². The van der Waals surface area contributed by atoms with Crippen molar-refractivity contribution >= 4 is 56.7 Å². The van der Waals surface area contributed by atoms with Gasteiger partial charge in [0.1, 0.15) is 11.5 Å². The van der Waals surface area contributed by atoms with Crippen LogP contribution < -0.4 is 5.32 Å². The molecule has 8 nitrogen and oxygen atoms in total. The molecule has 2 aromatic carbocycles. The van der Waals surface area contributed by atoms with E-state index in [9.17, 15) is 9.59 Å². The maximum absolute atomic E-state index is 13.3. The normalized spacial score (nSPS) is 12.1. The second-order valence-electron chi connectivity index (χ2n) is 9.48. The lowest BCUT2D eigenvalue weighted by Gasteiger charge is -2.14. The van der Waals surface area contributed by atoms with Crippen molar-refractivity contribution in [2.75, 3.05) is 5.32 Å². The SMILES string of the molecule is CCC(Sc1nnc2cc(C)c3cc(C)cc(C)c3n12)C(=O)Nc1nc(C)c(C(=O)OCc2ccccc2)s1. The summed E-state index contributed by atoms with van der Waals surface area (Å²) in [5.41, 5.74) is 6.67. The molecule has 200 valence electrons. The number of hydrogen-bond donors (Lipinski definition) is 1. The van der Waals surface area contributed by atoms with E-state index in [1.165, 1.54) is 17.3 Å². The van der Waals surface area contributed by atoms with Gasteiger partial charge in [-0.05, 0) is 62.9 Å². The number of aryl methyl sites for hydroxylation is 4. The first-order chi connectivity index (χ1) is 18.7. The van der Waals surface area contributed by atoms with Crippen molar-refractivity contribution in [3.8, 4) is 0 Å². The molecule has 0 saturated carbocycles. The molecule has 3 heterocycles. The number of ether oxygens (including phenoxy) is 1. The van der Waals surface area contributed by atoms with Crippen molar-refractivity contribution in [1.29, 1.82) is 0 Å². The molecule has 3 aromatic heterocycles. The number of anilines is 1. The molecule has 10 heteroatoms. The van der Waals surface area contributed by atoms with Crippen LogP contribution in [0.3, 0.4) is 0 Å². The Balaban J connectivity index is 1.34. The molecule has 1 amide bonds. The zero-order chi connectivity index (χ0) is 27.7. The minimum Gasteiger partial charge on any atom is -0.457 e. The van der Waals surface area contributed by atoms with Gasteiger partial charge in [0.25, 0.3) is 0 Å². The van der Waals surface area contributed by atoms with Crippen molar-refractivity contribution in [2.45, 2.75) is 58.1 Å². The smallest absolute Gasteiger partial charge is 0.350 e. The summed E-state index contributed by atoms with van der Waals surface area (Å²) in [6, 6.07) is 15.8. The van der Waals surface area contributed by atoms with Gasteiger partial charge >= 0.3 is 5.97 Å². The van der Waals surface area contributed by atoms with Gasteiger partial charge in [-0.3, -0.25) is 9.20 Å². The summed E-state index contributed by atoms with van der Waals surface area (Å²) in [5.74, 6) is -0.667. The zero-order valence-corrected chi connectivity index (χ0v) is 24.1. The van der Waals surface area contributed by atoms with E-state index in [1.807, 2.05) is 47.7 Å². The highest BCUT2D eigenvalue weighted by atomic mass is 32.2. The molecule has 5 rings (SSSR count). The van der Waals surface area contributed by atoms with Crippen LogP contribution in [0.1, 0.15) is 51.0 Å². The Morgan fingerprint density at radius 3 is 2.56 bits per heavy atom. The molecule has 0 saturated heterocycles. The molecule has 0 fully saturated rings. The minimum absolute atomic E-state index is 0.173. The summed E-state index contributed by atoms with van der Waals surface area (Å²) in [5, 5.41) is 13.5.